The minimum absolute atomic E-state index is 0.0696. The summed E-state index contributed by atoms with van der Waals surface area (Å²) >= 11 is 1.04. The van der Waals surface area contributed by atoms with Gasteiger partial charge in [0.15, 0.2) is 5.78 Å². The predicted molar refractivity (Wildman–Crippen MR) is 101 cm³/mol. The molecule has 0 bridgehead atoms. The second-order valence-corrected chi connectivity index (χ2v) is 8.61. The standard InChI is InChI=1S/C18H13FN4O3S2/c19-11-5-7-12(8-6-11)28(25,26)23-15-9-16(27-18-20-10-21-22-18)17(24)14-4-2-1-3-13(14)15/h1-10,15,23H,(H,20,21,22). The molecule has 2 aromatic carbocycles. The highest BCUT2D eigenvalue weighted by atomic mass is 32.2. The van der Waals surface area contributed by atoms with Gasteiger partial charge < -0.3 is 0 Å². The second kappa shape index (κ2) is 7.30. The number of carbonyl (C=O) groups is 1. The number of hydrogen-bond donors (Lipinski definition) is 2. The van der Waals surface area contributed by atoms with E-state index in [2.05, 4.69) is 19.9 Å². The SMILES string of the molecule is O=C1C(Sc2nc[nH]n2)=CC(NS(=O)(=O)c2ccc(F)cc2)c2ccccc21. The normalized spacial score (nSPS) is 16.5. The van der Waals surface area contributed by atoms with Gasteiger partial charge >= 0.3 is 0 Å². The van der Waals surface area contributed by atoms with E-state index in [0.717, 1.165) is 23.9 Å². The number of sulfonamides is 1. The van der Waals surface area contributed by atoms with Crippen molar-refractivity contribution in [1.29, 1.82) is 0 Å². The summed E-state index contributed by atoms with van der Waals surface area (Å²) in [5.74, 6) is -0.764. The van der Waals surface area contributed by atoms with Gasteiger partial charge in [-0.05, 0) is 47.7 Å². The Morgan fingerprint density at radius 3 is 2.57 bits per heavy atom. The first-order chi connectivity index (χ1) is 13.4. The molecule has 0 saturated carbocycles. The minimum Gasteiger partial charge on any atom is -0.288 e. The number of thioether (sulfide) groups is 1. The number of hydrogen-bond acceptors (Lipinski definition) is 6. The summed E-state index contributed by atoms with van der Waals surface area (Å²) in [5.41, 5.74) is 0.937. The molecule has 0 radical (unpaired) electrons. The van der Waals surface area contributed by atoms with Crippen LogP contribution < -0.4 is 4.72 Å². The Bertz CT molecular complexity index is 1160. The average molecular weight is 416 g/mol. The van der Waals surface area contributed by atoms with Crippen molar-refractivity contribution in [2.75, 3.05) is 0 Å². The molecule has 4 rings (SSSR count). The highest BCUT2D eigenvalue weighted by Gasteiger charge is 2.30. The largest absolute Gasteiger partial charge is 0.288 e. The highest BCUT2D eigenvalue weighted by molar-refractivity contribution is 8.03. The molecular weight excluding hydrogens is 403 g/mol. The molecule has 10 heteroatoms. The van der Waals surface area contributed by atoms with E-state index in [1.807, 2.05) is 0 Å². The fourth-order valence-electron chi connectivity index (χ4n) is 2.80. The molecule has 1 unspecified atom stereocenters. The molecule has 1 aliphatic carbocycles. The average Bonchev–Trinajstić information content (AvgIpc) is 3.19. The number of halogens is 1. The van der Waals surface area contributed by atoms with E-state index in [1.54, 1.807) is 24.3 Å². The second-order valence-electron chi connectivity index (χ2n) is 5.88. The van der Waals surface area contributed by atoms with Crippen LogP contribution >= 0.6 is 11.8 Å². The van der Waals surface area contributed by atoms with E-state index in [-0.39, 0.29) is 10.7 Å². The number of H-pyrrole nitrogens is 1. The Labute approximate surface area is 164 Å². The molecule has 0 saturated heterocycles. The molecule has 1 atom stereocenters. The zero-order valence-electron chi connectivity index (χ0n) is 14.2. The number of rotatable bonds is 5. The van der Waals surface area contributed by atoms with Gasteiger partial charge in [0.1, 0.15) is 12.1 Å². The smallest absolute Gasteiger partial charge is 0.241 e. The number of nitrogens with one attached hydrogen (secondary N) is 2. The van der Waals surface area contributed by atoms with Crippen LogP contribution in [0.3, 0.4) is 0 Å². The summed E-state index contributed by atoms with van der Waals surface area (Å²) < 4.78 is 41.2. The van der Waals surface area contributed by atoms with Crippen LogP contribution in [-0.2, 0) is 10.0 Å². The fourth-order valence-corrected chi connectivity index (χ4v) is 4.76. The first-order valence-corrected chi connectivity index (χ1v) is 10.4. The van der Waals surface area contributed by atoms with Gasteiger partial charge in [0, 0.05) is 5.56 Å². The molecule has 3 aromatic rings. The summed E-state index contributed by atoms with van der Waals surface area (Å²) in [4.78, 5) is 17.0. The van der Waals surface area contributed by atoms with Crippen molar-refractivity contribution in [1.82, 2.24) is 19.9 Å². The topological polar surface area (TPSA) is 105 Å². The lowest BCUT2D eigenvalue weighted by Crippen LogP contribution is -2.31. The van der Waals surface area contributed by atoms with Gasteiger partial charge in [-0.3, -0.25) is 9.89 Å². The summed E-state index contributed by atoms with van der Waals surface area (Å²) in [5, 5.41) is 6.83. The molecule has 7 nitrogen and oxygen atoms in total. The number of benzene rings is 2. The monoisotopic (exact) mass is 416 g/mol. The Balaban J connectivity index is 1.71. The Morgan fingerprint density at radius 2 is 1.86 bits per heavy atom. The van der Waals surface area contributed by atoms with Crippen molar-refractivity contribution in [3.63, 3.8) is 0 Å². The maximum absolute atomic E-state index is 13.1. The third-order valence-electron chi connectivity index (χ3n) is 4.08. The summed E-state index contributed by atoms with van der Waals surface area (Å²) in [6, 6.07) is 10.5. The summed E-state index contributed by atoms with van der Waals surface area (Å²) in [6.07, 6.45) is 2.92. The maximum atomic E-state index is 13.1. The number of Topliss-reactive ketones (excluding diaryl/α,β-unsaturated/α-hetero) is 1. The first-order valence-electron chi connectivity index (χ1n) is 8.11. The lowest BCUT2D eigenvalue weighted by Gasteiger charge is -2.24. The lowest BCUT2D eigenvalue weighted by atomic mass is 9.92. The zero-order chi connectivity index (χ0) is 19.7. The van der Waals surface area contributed by atoms with Crippen LogP contribution in [0.15, 0.2) is 75.9 Å². The van der Waals surface area contributed by atoms with Crippen LogP contribution in [0, 0.1) is 5.82 Å². The van der Waals surface area contributed by atoms with Gasteiger partial charge in [0.05, 0.1) is 15.8 Å². The predicted octanol–water partition coefficient (Wildman–Crippen LogP) is 2.84. The van der Waals surface area contributed by atoms with E-state index >= 15 is 0 Å². The Kier molecular flexibility index (Phi) is 4.84. The van der Waals surface area contributed by atoms with Gasteiger partial charge in [-0.1, -0.05) is 24.3 Å². The van der Waals surface area contributed by atoms with Gasteiger partial charge in [-0.25, -0.2) is 17.8 Å². The Morgan fingerprint density at radius 1 is 1.11 bits per heavy atom. The molecular formula is C18H13FN4O3S2. The number of nitrogens with zero attached hydrogens (tertiary/aromatic N) is 2. The lowest BCUT2D eigenvalue weighted by molar-refractivity contribution is 0.103. The van der Waals surface area contributed by atoms with E-state index in [9.17, 15) is 17.6 Å². The number of aromatic nitrogens is 3. The molecule has 0 aliphatic heterocycles. The van der Waals surface area contributed by atoms with E-state index in [0.29, 0.717) is 21.2 Å². The summed E-state index contributed by atoms with van der Waals surface area (Å²) in [7, 11) is -3.94. The van der Waals surface area contributed by atoms with E-state index < -0.39 is 21.9 Å². The van der Waals surface area contributed by atoms with Gasteiger partial charge in [-0.2, -0.15) is 4.72 Å². The molecule has 0 spiro atoms. The maximum Gasteiger partial charge on any atom is 0.241 e. The van der Waals surface area contributed by atoms with Crippen LogP contribution in [0.25, 0.3) is 0 Å². The summed E-state index contributed by atoms with van der Waals surface area (Å²) in [6.45, 7) is 0. The van der Waals surface area contributed by atoms with Gasteiger partial charge in [-0.15, -0.1) is 5.10 Å². The molecule has 1 aromatic heterocycles. The van der Waals surface area contributed by atoms with Crippen molar-refractivity contribution in [3.05, 3.63) is 82.8 Å². The minimum atomic E-state index is -3.94. The molecule has 28 heavy (non-hydrogen) atoms. The zero-order valence-corrected chi connectivity index (χ0v) is 15.8. The number of carbonyl (C=O) groups excluding carboxylic acids is 1. The Hall–Kier alpha value is -2.82. The van der Waals surface area contributed by atoms with Crippen LogP contribution in [-0.4, -0.2) is 29.4 Å². The molecule has 142 valence electrons. The van der Waals surface area contributed by atoms with Crippen molar-refractivity contribution in [2.45, 2.75) is 16.1 Å². The fraction of sp³-hybridized carbons (Fsp3) is 0.0556. The van der Waals surface area contributed by atoms with Crippen molar-refractivity contribution >= 4 is 27.6 Å². The number of ketones is 1. The van der Waals surface area contributed by atoms with Crippen molar-refractivity contribution < 1.29 is 17.6 Å². The molecule has 1 aliphatic rings. The number of aromatic amines is 1. The molecule has 2 N–H and O–H groups in total. The van der Waals surface area contributed by atoms with Crippen LogP contribution in [0.1, 0.15) is 22.0 Å². The third kappa shape index (κ3) is 3.61. The van der Waals surface area contributed by atoms with Crippen LogP contribution in [0.4, 0.5) is 4.39 Å². The molecule has 0 amide bonds. The highest BCUT2D eigenvalue weighted by Crippen LogP contribution is 2.36. The quantitative estimate of drug-likeness (QED) is 0.663. The van der Waals surface area contributed by atoms with Gasteiger partial charge in [0.25, 0.3) is 0 Å². The van der Waals surface area contributed by atoms with E-state index in [4.69, 9.17) is 0 Å². The molecule has 0 fully saturated rings. The van der Waals surface area contributed by atoms with Crippen molar-refractivity contribution in [3.8, 4) is 0 Å². The van der Waals surface area contributed by atoms with Crippen LogP contribution in [0.5, 0.6) is 0 Å². The van der Waals surface area contributed by atoms with Crippen molar-refractivity contribution in [2.24, 2.45) is 0 Å². The third-order valence-corrected chi connectivity index (χ3v) is 6.46. The number of allylic oxidation sites excluding steroid dienone is 1. The van der Waals surface area contributed by atoms with E-state index in [1.165, 1.54) is 24.5 Å². The molecule has 1 heterocycles. The van der Waals surface area contributed by atoms with Crippen LogP contribution in [0.2, 0.25) is 0 Å². The first kappa shape index (κ1) is 18.5. The van der Waals surface area contributed by atoms with Gasteiger partial charge in [0.2, 0.25) is 15.2 Å². The number of fused-ring (bicyclic) bond motifs is 1.